The highest BCUT2D eigenvalue weighted by Gasteiger charge is 2.17. The molecule has 0 radical (unpaired) electrons. The number of benzene rings is 4. The number of nitro benzene ring substituents is 2. The number of phenolic OH excluding ortho intramolecular Hbond substituents is 2. The standard InChI is InChI=1S/C22H14N2O8/c25-19-11-13(5-7-17(19)23(27)28)31-21-9-10-22(16-4-2-1-3-15(16)21)32-14-6-8-18(24(29)30)20(26)12-14/h1-12,25-26H. The Balaban J connectivity index is 1.68. The zero-order valence-corrected chi connectivity index (χ0v) is 16.2. The Kier molecular flexibility index (Phi) is 5.17. The molecule has 0 aliphatic carbocycles. The molecule has 160 valence electrons. The van der Waals surface area contributed by atoms with E-state index in [-0.39, 0.29) is 11.5 Å². The van der Waals surface area contributed by atoms with E-state index >= 15 is 0 Å². The Labute approximate surface area is 179 Å². The highest BCUT2D eigenvalue weighted by atomic mass is 16.6. The Morgan fingerprint density at radius 3 is 1.38 bits per heavy atom. The van der Waals surface area contributed by atoms with Gasteiger partial charge in [0.15, 0.2) is 11.5 Å². The first-order valence-electron chi connectivity index (χ1n) is 9.16. The number of ether oxygens (including phenoxy) is 2. The van der Waals surface area contributed by atoms with E-state index < -0.39 is 32.7 Å². The lowest BCUT2D eigenvalue weighted by molar-refractivity contribution is -0.386. The number of nitrogens with zero attached hydrogens (tertiary/aromatic N) is 2. The second-order valence-electron chi connectivity index (χ2n) is 6.63. The number of fused-ring (bicyclic) bond motifs is 1. The van der Waals surface area contributed by atoms with E-state index in [0.717, 1.165) is 24.3 Å². The maximum atomic E-state index is 10.9. The largest absolute Gasteiger partial charge is 0.502 e. The summed E-state index contributed by atoms with van der Waals surface area (Å²) in [4.78, 5) is 20.3. The van der Waals surface area contributed by atoms with Crippen LogP contribution in [0, 0.1) is 20.2 Å². The van der Waals surface area contributed by atoms with Crippen LogP contribution in [0.1, 0.15) is 0 Å². The summed E-state index contributed by atoms with van der Waals surface area (Å²) in [6.45, 7) is 0. The van der Waals surface area contributed by atoms with Gasteiger partial charge in [-0.15, -0.1) is 0 Å². The third-order valence-corrected chi connectivity index (χ3v) is 4.59. The van der Waals surface area contributed by atoms with Crippen LogP contribution >= 0.6 is 0 Å². The molecule has 0 saturated heterocycles. The van der Waals surface area contributed by atoms with Crippen molar-refractivity contribution >= 4 is 22.1 Å². The minimum atomic E-state index is -0.698. The molecular weight excluding hydrogens is 420 g/mol. The molecule has 0 aliphatic rings. The van der Waals surface area contributed by atoms with Crippen molar-refractivity contribution < 1.29 is 29.5 Å². The van der Waals surface area contributed by atoms with Crippen LogP contribution in [-0.2, 0) is 0 Å². The van der Waals surface area contributed by atoms with Gasteiger partial charge < -0.3 is 19.7 Å². The molecule has 10 heteroatoms. The molecule has 0 atom stereocenters. The zero-order valence-electron chi connectivity index (χ0n) is 16.2. The fourth-order valence-electron chi connectivity index (χ4n) is 3.12. The highest BCUT2D eigenvalue weighted by molar-refractivity contribution is 5.93. The van der Waals surface area contributed by atoms with Crippen LogP contribution in [0.5, 0.6) is 34.5 Å². The Hall–Kier alpha value is -4.86. The topological polar surface area (TPSA) is 145 Å². The van der Waals surface area contributed by atoms with Gasteiger partial charge in [0, 0.05) is 35.0 Å². The van der Waals surface area contributed by atoms with Gasteiger partial charge in [0.05, 0.1) is 9.85 Å². The zero-order chi connectivity index (χ0) is 22.8. The lowest BCUT2D eigenvalue weighted by atomic mass is 10.1. The molecule has 32 heavy (non-hydrogen) atoms. The van der Waals surface area contributed by atoms with E-state index in [1.54, 1.807) is 36.4 Å². The summed E-state index contributed by atoms with van der Waals surface area (Å²) in [7, 11) is 0. The van der Waals surface area contributed by atoms with Crippen molar-refractivity contribution in [2.75, 3.05) is 0 Å². The molecule has 0 heterocycles. The number of nitro groups is 2. The summed E-state index contributed by atoms with van der Waals surface area (Å²) in [5.74, 6) is 0.185. The lowest BCUT2D eigenvalue weighted by Crippen LogP contribution is -1.92. The van der Waals surface area contributed by atoms with Crippen LogP contribution in [-0.4, -0.2) is 20.1 Å². The lowest BCUT2D eigenvalue weighted by Gasteiger charge is -2.13. The minimum absolute atomic E-state index is 0.201. The molecule has 0 spiro atoms. The van der Waals surface area contributed by atoms with Crippen molar-refractivity contribution in [3.05, 3.63) is 93.0 Å². The van der Waals surface area contributed by atoms with Gasteiger partial charge in [0.1, 0.15) is 23.0 Å². The van der Waals surface area contributed by atoms with Gasteiger partial charge in [-0.3, -0.25) is 20.2 Å². The maximum absolute atomic E-state index is 10.9. The quantitative estimate of drug-likeness (QED) is 0.292. The van der Waals surface area contributed by atoms with Crippen LogP contribution < -0.4 is 9.47 Å². The predicted molar refractivity (Wildman–Crippen MR) is 114 cm³/mol. The number of aromatic hydroxyl groups is 2. The molecule has 0 saturated carbocycles. The van der Waals surface area contributed by atoms with Gasteiger partial charge >= 0.3 is 11.4 Å². The summed E-state index contributed by atoms with van der Waals surface area (Å²) in [6, 6.07) is 17.7. The summed E-state index contributed by atoms with van der Waals surface area (Å²) < 4.78 is 11.6. The van der Waals surface area contributed by atoms with E-state index in [9.17, 15) is 30.4 Å². The molecule has 2 N–H and O–H groups in total. The molecule has 0 fully saturated rings. The van der Waals surface area contributed by atoms with Gasteiger partial charge in [0.2, 0.25) is 0 Å². The fourth-order valence-corrected chi connectivity index (χ4v) is 3.12. The van der Waals surface area contributed by atoms with Gasteiger partial charge in [-0.2, -0.15) is 0 Å². The normalized spacial score (nSPS) is 10.6. The summed E-state index contributed by atoms with van der Waals surface area (Å²) in [5.41, 5.74) is -0.866. The first-order valence-corrected chi connectivity index (χ1v) is 9.16. The average Bonchev–Trinajstić information content (AvgIpc) is 2.75. The van der Waals surface area contributed by atoms with Crippen LogP contribution in [0.25, 0.3) is 10.8 Å². The third-order valence-electron chi connectivity index (χ3n) is 4.59. The van der Waals surface area contributed by atoms with Crippen LogP contribution in [0.2, 0.25) is 0 Å². The van der Waals surface area contributed by atoms with Crippen molar-refractivity contribution in [2.24, 2.45) is 0 Å². The number of phenols is 2. The van der Waals surface area contributed by atoms with Crippen molar-refractivity contribution in [3.63, 3.8) is 0 Å². The van der Waals surface area contributed by atoms with E-state index in [1.165, 1.54) is 12.1 Å². The van der Waals surface area contributed by atoms with Crippen LogP contribution in [0.15, 0.2) is 72.8 Å². The van der Waals surface area contributed by atoms with Crippen molar-refractivity contribution in [1.29, 1.82) is 0 Å². The van der Waals surface area contributed by atoms with E-state index in [0.29, 0.717) is 22.3 Å². The molecule has 4 aromatic rings. The third kappa shape index (κ3) is 3.92. The second-order valence-corrected chi connectivity index (χ2v) is 6.63. The summed E-state index contributed by atoms with van der Waals surface area (Å²) >= 11 is 0. The van der Waals surface area contributed by atoms with E-state index in [2.05, 4.69) is 0 Å². The first kappa shape index (κ1) is 20.4. The number of rotatable bonds is 6. The monoisotopic (exact) mass is 434 g/mol. The van der Waals surface area contributed by atoms with Crippen molar-refractivity contribution in [2.45, 2.75) is 0 Å². The van der Waals surface area contributed by atoms with Gasteiger partial charge in [0.25, 0.3) is 0 Å². The fraction of sp³-hybridized carbons (Fsp3) is 0. The Morgan fingerprint density at radius 1 is 0.625 bits per heavy atom. The smallest absolute Gasteiger partial charge is 0.310 e. The SMILES string of the molecule is O=[N+]([O-])c1ccc(Oc2ccc(Oc3ccc([N+](=O)[O-])c(O)c3)c3ccccc23)cc1O. The van der Waals surface area contributed by atoms with Gasteiger partial charge in [-0.1, -0.05) is 24.3 Å². The van der Waals surface area contributed by atoms with Gasteiger partial charge in [-0.05, 0) is 24.3 Å². The number of hydrogen-bond acceptors (Lipinski definition) is 8. The van der Waals surface area contributed by atoms with E-state index in [1.807, 2.05) is 0 Å². The minimum Gasteiger partial charge on any atom is -0.502 e. The maximum Gasteiger partial charge on any atom is 0.310 e. The molecule has 0 unspecified atom stereocenters. The van der Waals surface area contributed by atoms with E-state index in [4.69, 9.17) is 9.47 Å². The average molecular weight is 434 g/mol. The molecule has 10 nitrogen and oxygen atoms in total. The molecule has 4 rings (SSSR count). The molecule has 0 bridgehead atoms. The molecule has 4 aromatic carbocycles. The summed E-state index contributed by atoms with van der Waals surface area (Å²) in [6.07, 6.45) is 0. The molecule has 0 aliphatic heterocycles. The van der Waals surface area contributed by atoms with Crippen molar-refractivity contribution in [1.82, 2.24) is 0 Å². The predicted octanol–water partition coefficient (Wildman–Crippen LogP) is 5.65. The Bertz CT molecular complexity index is 1270. The summed E-state index contributed by atoms with van der Waals surface area (Å²) in [5, 5.41) is 42.7. The van der Waals surface area contributed by atoms with Crippen LogP contribution in [0.4, 0.5) is 11.4 Å². The molecule has 0 aromatic heterocycles. The van der Waals surface area contributed by atoms with Gasteiger partial charge in [-0.25, -0.2) is 0 Å². The van der Waals surface area contributed by atoms with Crippen molar-refractivity contribution in [3.8, 4) is 34.5 Å². The molecule has 0 amide bonds. The highest BCUT2D eigenvalue weighted by Crippen LogP contribution is 2.40. The first-order chi connectivity index (χ1) is 15.3. The number of hydrogen-bond donors (Lipinski definition) is 2. The Morgan fingerprint density at radius 2 is 1.03 bits per heavy atom. The molecular formula is C22H14N2O8. The second kappa shape index (κ2) is 8.11. The van der Waals surface area contributed by atoms with Crippen LogP contribution in [0.3, 0.4) is 0 Å².